The van der Waals surface area contributed by atoms with Crippen molar-refractivity contribution < 1.29 is 28.6 Å². The van der Waals surface area contributed by atoms with E-state index in [-0.39, 0.29) is 48.4 Å². The molecule has 0 aromatic heterocycles. The minimum atomic E-state index is -0.322. The Morgan fingerprint density at radius 1 is 1.16 bits per heavy atom. The van der Waals surface area contributed by atoms with E-state index in [1.165, 1.54) is 0 Å². The first-order valence-electron chi connectivity index (χ1n) is 13.2. The molecule has 0 aliphatic carbocycles. The van der Waals surface area contributed by atoms with E-state index in [0.717, 1.165) is 6.42 Å². The maximum absolute atomic E-state index is 13.6. The SMILES string of the molecule is CCCNC(=O)Nc1ccc2c(c1)OC[C@@H](C)N(C(=O)C1CCOCC1)C[C@H](C)[C@@H](OC)CN(C)C2=O. The fraction of sp³-hybridized carbons (Fsp3) is 0.667. The number of nitrogens with zero attached hydrogens (tertiary/aromatic N) is 2. The van der Waals surface area contributed by atoms with Gasteiger partial charge >= 0.3 is 6.03 Å². The van der Waals surface area contributed by atoms with Gasteiger partial charge in [-0.25, -0.2) is 4.79 Å². The number of hydrogen-bond acceptors (Lipinski definition) is 6. The number of methoxy groups -OCH3 is 1. The van der Waals surface area contributed by atoms with Crippen LogP contribution in [-0.4, -0.2) is 93.4 Å². The average Bonchev–Trinajstić information content (AvgIpc) is 2.91. The van der Waals surface area contributed by atoms with Crippen LogP contribution in [0.4, 0.5) is 10.5 Å². The normalized spacial score (nSPS) is 23.8. The van der Waals surface area contributed by atoms with Gasteiger partial charge < -0.3 is 34.6 Å². The van der Waals surface area contributed by atoms with E-state index in [0.29, 0.717) is 62.7 Å². The van der Waals surface area contributed by atoms with E-state index in [1.54, 1.807) is 37.3 Å². The van der Waals surface area contributed by atoms with Gasteiger partial charge in [0.15, 0.2) is 0 Å². The van der Waals surface area contributed by atoms with Crippen LogP contribution >= 0.6 is 0 Å². The van der Waals surface area contributed by atoms with Crippen LogP contribution in [0.2, 0.25) is 0 Å². The van der Waals surface area contributed by atoms with Gasteiger partial charge in [-0.3, -0.25) is 9.59 Å². The molecule has 2 aliphatic rings. The van der Waals surface area contributed by atoms with Crippen LogP contribution in [0, 0.1) is 11.8 Å². The van der Waals surface area contributed by atoms with Crippen LogP contribution in [0.15, 0.2) is 18.2 Å². The van der Waals surface area contributed by atoms with Crippen molar-refractivity contribution in [3.8, 4) is 5.75 Å². The highest BCUT2D eigenvalue weighted by molar-refractivity contribution is 5.98. The maximum atomic E-state index is 13.6. The number of amides is 4. The second-order valence-corrected chi connectivity index (χ2v) is 10.1. The highest BCUT2D eigenvalue weighted by Crippen LogP contribution is 2.28. The molecule has 10 nitrogen and oxygen atoms in total. The molecule has 2 aliphatic heterocycles. The Hall–Kier alpha value is -2.85. The zero-order chi connectivity index (χ0) is 26.9. The Bertz CT molecular complexity index is 935. The second-order valence-electron chi connectivity index (χ2n) is 10.1. The van der Waals surface area contributed by atoms with Crippen molar-refractivity contribution in [3.63, 3.8) is 0 Å². The number of ether oxygens (including phenoxy) is 3. The van der Waals surface area contributed by atoms with Gasteiger partial charge in [0.1, 0.15) is 12.4 Å². The summed E-state index contributed by atoms with van der Waals surface area (Å²) in [6, 6.07) is 4.45. The molecule has 0 radical (unpaired) electrons. The molecule has 1 aromatic rings. The van der Waals surface area contributed by atoms with Crippen LogP contribution in [0.1, 0.15) is 50.4 Å². The monoisotopic (exact) mass is 518 g/mol. The van der Waals surface area contributed by atoms with Gasteiger partial charge in [-0.2, -0.15) is 0 Å². The smallest absolute Gasteiger partial charge is 0.319 e. The summed E-state index contributed by atoms with van der Waals surface area (Å²) in [5.74, 6) is 0.184. The minimum absolute atomic E-state index is 0.00130. The first kappa shape index (κ1) is 28.7. The molecular weight excluding hydrogens is 476 g/mol. The van der Waals surface area contributed by atoms with Crippen molar-refractivity contribution >= 4 is 23.5 Å². The van der Waals surface area contributed by atoms with E-state index in [9.17, 15) is 14.4 Å². The first-order chi connectivity index (χ1) is 17.7. The molecule has 2 N–H and O–H groups in total. The van der Waals surface area contributed by atoms with Crippen LogP contribution in [-0.2, 0) is 14.3 Å². The summed E-state index contributed by atoms with van der Waals surface area (Å²) < 4.78 is 17.4. The fourth-order valence-electron chi connectivity index (χ4n) is 4.75. The zero-order valence-electron chi connectivity index (χ0n) is 22.7. The molecule has 10 heteroatoms. The molecule has 3 atom stereocenters. The largest absolute Gasteiger partial charge is 0.491 e. The topological polar surface area (TPSA) is 109 Å². The quantitative estimate of drug-likeness (QED) is 0.620. The predicted molar refractivity (Wildman–Crippen MR) is 141 cm³/mol. The molecule has 1 saturated heterocycles. The van der Waals surface area contributed by atoms with E-state index < -0.39 is 0 Å². The lowest BCUT2D eigenvalue weighted by Crippen LogP contribution is -2.50. The van der Waals surface area contributed by atoms with Gasteiger partial charge in [0.2, 0.25) is 5.91 Å². The molecule has 37 heavy (non-hydrogen) atoms. The Kier molecular flexibility index (Phi) is 10.6. The molecule has 1 fully saturated rings. The molecule has 4 amide bonds. The van der Waals surface area contributed by atoms with Crippen molar-refractivity contribution in [3.05, 3.63) is 23.8 Å². The number of urea groups is 1. The number of fused-ring (bicyclic) bond motifs is 1. The minimum Gasteiger partial charge on any atom is -0.491 e. The predicted octanol–water partition coefficient (Wildman–Crippen LogP) is 2.98. The highest BCUT2D eigenvalue weighted by Gasteiger charge is 2.33. The van der Waals surface area contributed by atoms with Crippen molar-refractivity contribution in [1.29, 1.82) is 0 Å². The highest BCUT2D eigenvalue weighted by atomic mass is 16.5. The summed E-state index contributed by atoms with van der Waals surface area (Å²) in [4.78, 5) is 42.7. The Morgan fingerprint density at radius 2 is 1.89 bits per heavy atom. The summed E-state index contributed by atoms with van der Waals surface area (Å²) in [6.07, 6.45) is 1.99. The Labute approximate surface area is 220 Å². The number of benzene rings is 1. The third-order valence-corrected chi connectivity index (χ3v) is 7.09. The molecule has 3 rings (SSSR count). The van der Waals surface area contributed by atoms with Crippen LogP contribution in [0.3, 0.4) is 0 Å². The average molecular weight is 519 g/mol. The second kappa shape index (κ2) is 13.6. The summed E-state index contributed by atoms with van der Waals surface area (Å²) in [6.45, 7) is 8.79. The molecule has 1 aromatic carbocycles. The number of carbonyl (C=O) groups is 3. The first-order valence-corrected chi connectivity index (χ1v) is 13.2. The van der Waals surface area contributed by atoms with E-state index in [2.05, 4.69) is 10.6 Å². The van der Waals surface area contributed by atoms with Crippen LogP contribution < -0.4 is 15.4 Å². The van der Waals surface area contributed by atoms with Gasteiger partial charge in [0.25, 0.3) is 5.91 Å². The number of anilines is 1. The van der Waals surface area contributed by atoms with Gasteiger partial charge in [-0.15, -0.1) is 0 Å². The van der Waals surface area contributed by atoms with Crippen molar-refractivity contribution in [2.75, 3.05) is 58.9 Å². The molecule has 206 valence electrons. The summed E-state index contributed by atoms with van der Waals surface area (Å²) >= 11 is 0. The lowest BCUT2D eigenvalue weighted by Gasteiger charge is -2.38. The molecule has 0 spiro atoms. The Morgan fingerprint density at radius 3 is 2.57 bits per heavy atom. The zero-order valence-corrected chi connectivity index (χ0v) is 22.7. The lowest BCUT2D eigenvalue weighted by molar-refractivity contribution is -0.142. The van der Waals surface area contributed by atoms with E-state index in [1.807, 2.05) is 25.7 Å². The lowest BCUT2D eigenvalue weighted by atomic mass is 9.95. The number of rotatable bonds is 5. The molecule has 0 bridgehead atoms. The Balaban J connectivity index is 1.90. The molecule has 0 saturated carbocycles. The van der Waals surface area contributed by atoms with Crippen molar-refractivity contribution in [1.82, 2.24) is 15.1 Å². The summed E-state index contributed by atoms with van der Waals surface area (Å²) in [5, 5.41) is 5.56. The third kappa shape index (κ3) is 7.58. The molecule has 0 unspecified atom stereocenters. The maximum Gasteiger partial charge on any atom is 0.319 e. The van der Waals surface area contributed by atoms with Crippen LogP contribution in [0.5, 0.6) is 5.75 Å². The summed E-state index contributed by atoms with van der Waals surface area (Å²) in [5.41, 5.74) is 0.903. The number of likely N-dealkylation sites (N-methyl/N-ethyl adjacent to an activating group) is 1. The van der Waals surface area contributed by atoms with E-state index in [4.69, 9.17) is 14.2 Å². The van der Waals surface area contributed by atoms with E-state index >= 15 is 0 Å². The van der Waals surface area contributed by atoms with Gasteiger partial charge in [-0.05, 0) is 38.3 Å². The van der Waals surface area contributed by atoms with Gasteiger partial charge in [-0.1, -0.05) is 13.8 Å². The standard InChI is InChI=1S/C27H42N4O6/c1-6-11-28-27(34)29-21-7-8-22-23(14-21)37-17-19(3)31(25(32)20-9-12-36-13-10-20)15-18(2)24(35-5)16-30(4)26(22)33/h7-8,14,18-20,24H,6,9-13,15-17H2,1-5H3,(H2,28,29,34)/t18-,19+,24-/m0/s1. The van der Waals surface area contributed by atoms with Gasteiger partial charge in [0.05, 0.1) is 17.7 Å². The number of hydrogen-bond donors (Lipinski definition) is 2. The number of nitrogens with one attached hydrogen (secondary N) is 2. The third-order valence-electron chi connectivity index (χ3n) is 7.09. The molecule has 2 heterocycles. The fourth-order valence-corrected chi connectivity index (χ4v) is 4.75. The van der Waals surface area contributed by atoms with Crippen molar-refractivity contribution in [2.24, 2.45) is 11.8 Å². The number of carbonyl (C=O) groups excluding carboxylic acids is 3. The van der Waals surface area contributed by atoms with Gasteiger partial charge in [0, 0.05) is 70.6 Å². The molecular formula is C27H42N4O6. The summed E-state index contributed by atoms with van der Waals surface area (Å²) in [7, 11) is 3.37. The van der Waals surface area contributed by atoms with Crippen molar-refractivity contribution in [2.45, 2.75) is 52.2 Å². The van der Waals surface area contributed by atoms with Crippen LogP contribution in [0.25, 0.3) is 0 Å².